The maximum Gasteiger partial charge on any atom is 0.338 e. The Morgan fingerprint density at radius 2 is 1.50 bits per heavy atom. The lowest BCUT2D eigenvalue weighted by molar-refractivity contribution is 0.0497. The van der Waals surface area contributed by atoms with E-state index in [2.05, 4.69) is 12.2 Å². The van der Waals surface area contributed by atoms with Crippen LogP contribution >= 0.6 is 11.6 Å². The average Bonchev–Trinajstić information content (AvgIpc) is 2.65. The van der Waals surface area contributed by atoms with Crippen LogP contribution in [0.5, 0.6) is 0 Å². The molecule has 0 atom stereocenters. The largest absolute Gasteiger partial charge is 0.462 e. The van der Waals surface area contributed by atoms with Crippen LogP contribution in [-0.2, 0) is 4.74 Å². The third-order valence-electron chi connectivity index (χ3n) is 3.97. The van der Waals surface area contributed by atoms with Gasteiger partial charge in [-0.1, -0.05) is 44.2 Å². The lowest BCUT2D eigenvalue weighted by atomic mass is 10.1. The molecule has 0 fully saturated rings. The number of unbranched alkanes of at least 4 members (excludes halogenated alkanes) is 4. The smallest absolute Gasteiger partial charge is 0.338 e. The third kappa shape index (κ3) is 6.52. The molecule has 0 aromatic heterocycles. The molecule has 0 saturated carbocycles. The first kappa shape index (κ1) is 20.0. The van der Waals surface area contributed by atoms with Gasteiger partial charge in [-0.15, -0.1) is 0 Å². The fourth-order valence-electron chi connectivity index (χ4n) is 2.45. The van der Waals surface area contributed by atoms with E-state index in [1.165, 1.54) is 19.3 Å². The van der Waals surface area contributed by atoms with E-state index in [1.54, 1.807) is 48.5 Å². The van der Waals surface area contributed by atoms with E-state index >= 15 is 0 Å². The molecule has 5 heteroatoms. The number of carbonyl (C=O) groups is 2. The fraction of sp³-hybridized carbons (Fsp3) is 0.333. The molecule has 2 rings (SSSR count). The molecule has 0 aliphatic carbocycles. The zero-order chi connectivity index (χ0) is 18.8. The lowest BCUT2D eigenvalue weighted by Crippen LogP contribution is -2.12. The molecule has 0 radical (unpaired) electrons. The van der Waals surface area contributed by atoms with Crippen molar-refractivity contribution in [2.24, 2.45) is 0 Å². The van der Waals surface area contributed by atoms with Crippen molar-refractivity contribution in [3.63, 3.8) is 0 Å². The topological polar surface area (TPSA) is 55.4 Å². The molecule has 0 saturated heterocycles. The summed E-state index contributed by atoms with van der Waals surface area (Å²) in [5.41, 5.74) is 1.60. The van der Waals surface area contributed by atoms with Gasteiger partial charge in [0.25, 0.3) is 5.91 Å². The molecule has 26 heavy (non-hydrogen) atoms. The van der Waals surface area contributed by atoms with Gasteiger partial charge in [0.05, 0.1) is 12.2 Å². The number of carbonyl (C=O) groups excluding carboxylic acids is 2. The second-order valence-corrected chi connectivity index (χ2v) is 6.52. The molecule has 0 aliphatic rings. The molecule has 0 spiro atoms. The van der Waals surface area contributed by atoms with Gasteiger partial charge in [-0.2, -0.15) is 0 Å². The Labute approximate surface area is 159 Å². The second kappa shape index (κ2) is 10.6. The first-order valence-corrected chi connectivity index (χ1v) is 9.32. The van der Waals surface area contributed by atoms with Gasteiger partial charge in [0, 0.05) is 16.3 Å². The van der Waals surface area contributed by atoms with Gasteiger partial charge in [-0.3, -0.25) is 4.79 Å². The van der Waals surface area contributed by atoms with Gasteiger partial charge in [0.1, 0.15) is 0 Å². The van der Waals surface area contributed by atoms with Crippen LogP contribution < -0.4 is 5.32 Å². The molecule has 4 nitrogen and oxygen atoms in total. The van der Waals surface area contributed by atoms with Crippen LogP contribution in [0, 0.1) is 0 Å². The number of hydrogen-bond donors (Lipinski definition) is 1. The van der Waals surface area contributed by atoms with Crippen LogP contribution in [0.1, 0.15) is 59.7 Å². The molecule has 0 aliphatic heterocycles. The third-order valence-corrected chi connectivity index (χ3v) is 4.22. The van der Waals surface area contributed by atoms with Crippen molar-refractivity contribution < 1.29 is 14.3 Å². The molecule has 0 bridgehead atoms. The van der Waals surface area contributed by atoms with Crippen molar-refractivity contribution in [3.8, 4) is 0 Å². The summed E-state index contributed by atoms with van der Waals surface area (Å²) in [5, 5.41) is 3.36. The summed E-state index contributed by atoms with van der Waals surface area (Å²) in [6.07, 6.45) is 5.56. The molecule has 2 aromatic carbocycles. The fourth-order valence-corrected chi connectivity index (χ4v) is 2.57. The Hall–Kier alpha value is -2.33. The average molecular weight is 374 g/mol. The number of ether oxygens (including phenoxy) is 1. The minimum atomic E-state index is -0.337. The molecular formula is C21H24ClNO3. The number of anilines is 1. The zero-order valence-electron chi connectivity index (χ0n) is 15.0. The number of amides is 1. The number of rotatable bonds is 9. The Morgan fingerprint density at radius 3 is 2.15 bits per heavy atom. The van der Waals surface area contributed by atoms with Crippen LogP contribution in [0.2, 0.25) is 5.02 Å². The quantitative estimate of drug-likeness (QED) is 0.451. The maximum atomic E-state index is 12.1. The summed E-state index contributed by atoms with van der Waals surface area (Å²) in [5.74, 6) is -0.569. The molecule has 1 amide bonds. The highest BCUT2D eigenvalue weighted by Gasteiger charge is 2.09. The highest BCUT2D eigenvalue weighted by molar-refractivity contribution is 6.30. The Balaban J connectivity index is 1.80. The van der Waals surface area contributed by atoms with E-state index in [0.717, 1.165) is 12.8 Å². The van der Waals surface area contributed by atoms with Gasteiger partial charge in [0.15, 0.2) is 0 Å². The predicted octanol–water partition coefficient (Wildman–Crippen LogP) is 5.72. The van der Waals surface area contributed by atoms with Crippen LogP contribution in [0.3, 0.4) is 0 Å². The summed E-state index contributed by atoms with van der Waals surface area (Å²) in [7, 11) is 0. The lowest BCUT2D eigenvalue weighted by Gasteiger charge is -2.07. The molecule has 0 unspecified atom stereocenters. The van der Waals surface area contributed by atoms with Crippen LogP contribution in [0.15, 0.2) is 48.5 Å². The Bertz CT molecular complexity index is 711. The second-order valence-electron chi connectivity index (χ2n) is 6.09. The first-order chi connectivity index (χ1) is 12.6. The Morgan fingerprint density at radius 1 is 0.885 bits per heavy atom. The first-order valence-electron chi connectivity index (χ1n) is 8.94. The van der Waals surface area contributed by atoms with Crippen molar-refractivity contribution >= 4 is 29.2 Å². The minimum Gasteiger partial charge on any atom is -0.462 e. The standard InChI is InChI=1S/C21H24ClNO3/c1-2-3-4-5-6-15-26-21(25)17-9-13-19(14-10-17)23-20(24)16-7-11-18(22)12-8-16/h7-14H,2-6,15H2,1H3,(H,23,24). The normalized spacial score (nSPS) is 10.4. The van der Waals surface area contributed by atoms with Gasteiger partial charge in [-0.05, 0) is 55.0 Å². The van der Waals surface area contributed by atoms with E-state index in [4.69, 9.17) is 16.3 Å². The van der Waals surface area contributed by atoms with E-state index in [9.17, 15) is 9.59 Å². The van der Waals surface area contributed by atoms with Crippen molar-refractivity contribution in [2.45, 2.75) is 39.0 Å². The molecule has 0 heterocycles. The van der Waals surface area contributed by atoms with E-state index in [1.807, 2.05) is 0 Å². The van der Waals surface area contributed by atoms with Crippen molar-refractivity contribution in [2.75, 3.05) is 11.9 Å². The molecule has 138 valence electrons. The minimum absolute atomic E-state index is 0.232. The van der Waals surface area contributed by atoms with Crippen LogP contribution in [0.4, 0.5) is 5.69 Å². The molecule has 1 N–H and O–H groups in total. The molecular weight excluding hydrogens is 350 g/mol. The zero-order valence-corrected chi connectivity index (χ0v) is 15.7. The number of halogens is 1. The monoisotopic (exact) mass is 373 g/mol. The van der Waals surface area contributed by atoms with E-state index in [0.29, 0.717) is 28.4 Å². The van der Waals surface area contributed by atoms with Gasteiger partial charge in [-0.25, -0.2) is 4.79 Å². The van der Waals surface area contributed by atoms with Gasteiger partial charge < -0.3 is 10.1 Å². The molecule has 2 aromatic rings. The summed E-state index contributed by atoms with van der Waals surface area (Å²) in [6.45, 7) is 2.61. The Kier molecular flexibility index (Phi) is 8.16. The predicted molar refractivity (Wildman–Crippen MR) is 105 cm³/mol. The number of nitrogens with one attached hydrogen (secondary N) is 1. The number of benzene rings is 2. The van der Waals surface area contributed by atoms with Gasteiger partial charge >= 0.3 is 5.97 Å². The summed E-state index contributed by atoms with van der Waals surface area (Å²) < 4.78 is 5.27. The van der Waals surface area contributed by atoms with E-state index < -0.39 is 0 Å². The summed E-state index contributed by atoms with van der Waals surface area (Å²) in [6, 6.07) is 13.3. The van der Waals surface area contributed by atoms with Crippen LogP contribution in [-0.4, -0.2) is 18.5 Å². The highest BCUT2D eigenvalue weighted by atomic mass is 35.5. The number of esters is 1. The van der Waals surface area contributed by atoms with Crippen molar-refractivity contribution in [3.05, 3.63) is 64.7 Å². The van der Waals surface area contributed by atoms with Crippen LogP contribution in [0.25, 0.3) is 0 Å². The number of hydrogen-bond acceptors (Lipinski definition) is 3. The van der Waals surface area contributed by atoms with Crippen molar-refractivity contribution in [1.82, 2.24) is 0 Å². The summed E-state index contributed by atoms with van der Waals surface area (Å²) in [4.78, 5) is 24.1. The SMILES string of the molecule is CCCCCCCOC(=O)c1ccc(NC(=O)c2ccc(Cl)cc2)cc1. The maximum absolute atomic E-state index is 12.1. The van der Waals surface area contributed by atoms with Gasteiger partial charge in [0.2, 0.25) is 0 Å². The van der Waals surface area contributed by atoms with Crippen molar-refractivity contribution in [1.29, 1.82) is 0 Å². The summed E-state index contributed by atoms with van der Waals surface area (Å²) >= 11 is 5.82. The highest BCUT2D eigenvalue weighted by Crippen LogP contribution is 2.14. The van der Waals surface area contributed by atoms with E-state index in [-0.39, 0.29) is 11.9 Å².